The van der Waals surface area contributed by atoms with Gasteiger partial charge in [0, 0.05) is 24.5 Å². The molecule has 2 aliphatic heterocycles. The molecule has 2 aliphatic rings. The Kier molecular flexibility index (Phi) is 6.99. The number of anilines is 1. The summed E-state index contributed by atoms with van der Waals surface area (Å²) in [7, 11) is 1.59. The number of hydrogen-bond acceptors (Lipinski definition) is 5. The number of piperidine rings is 1. The van der Waals surface area contributed by atoms with Gasteiger partial charge in [0.15, 0.2) is 5.25 Å². The van der Waals surface area contributed by atoms with Crippen LogP contribution in [0.15, 0.2) is 53.4 Å². The third-order valence-electron chi connectivity index (χ3n) is 5.71. The van der Waals surface area contributed by atoms with Crippen LogP contribution in [0.1, 0.15) is 24.8 Å². The zero-order valence-corrected chi connectivity index (χ0v) is 18.9. The molecular weight excluding hydrogens is 426 g/mol. The summed E-state index contributed by atoms with van der Waals surface area (Å²) < 4.78 is 5.22. The highest BCUT2D eigenvalue weighted by molar-refractivity contribution is 8.01. The normalized spacial score (nSPS) is 18.2. The smallest absolute Gasteiger partial charge is 0.250 e. The van der Waals surface area contributed by atoms with Gasteiger partial charge in [-0.05, 0) is 49.1 Å². The van der Waals surface area contributed by atoms with Gasteiger partial charge in [-0.1, -0.05) is 24.3 Å². The SMILES string of the molecule is COc1cccc(CNC(=O)CN2C(=O)C(C(=O)N3CCCCC3)Sc3ccccc32)c1. The molecule has 0 radical (unpaired) electrons. The first-order chi connectivity index (χ1) is 15.6. The molecule has 3 amide bonds. The fraction of sp³-hybridized carbons (Fsp3) is 0.375. The van der Waals surface area contributed by atoms with Gasteiger partial charge in [0.05, 0.1) is 12.8 Å². The highest BCUT2D eigenvalue weighted by Gasteiger charge is 2.40. The number of ether oxygens (including phenoxy) is 1. The predicted octanol–water partition coefficient (Wildman–Crippen LogP) is 2.83. The van der Waals surface area contributed by atoms with Gasteiger partial charge in [0.2, 0.25) is 11.8 Å². The number of benzene rings is 2. The lowest BCUT2D eigenvalue weighted by Crippen LogP contribution is -2.52. The van der Waals surface area contributed by atoms with E-state index in [9.17, 15) is 14.4 Å². The van der Waals surface area contributed by atoms with Crippen molar-refractivity contribution in [2.45, 2.75) is 36.0 Å². The van der Waals surface area contributed by atoms with Crippen molar-refractivity contribution in [2.75, 3.05) is 31.6 Å². The minimum Gasteiger partial charge on any atom is -0.497 e. The number of hydrogen-bond donors (Lipinski definition) is 1. The molecule has 1 unspecified atom stereocenters. The highest BCUT2D eigenvalue weighted by Crippen LogP contribution is 2.39. The summed E-state index contributed by atoms with van der Waals surface area (Å²) in [5.74, 6) is -0.0585. The van der Waals surface area contributed by atoms with E-state index in [0.717, 1.165) is 29.7 Å². The van der Waals surface area contributed by atoms with Gasteiger partial charge in [-0.3, -0.25) is 14.4 Å². The largest absolute Gasteiger partial charge is 0.497 e. The lowest BCUT2D eigenvalue weighted by atomic mass is 10.1. The maximum Gasteiger partial charge on any atom is 0.250 e. The minimum atomic E-state index is -0.853. The fourth-order valence-corrected chi connectivity index (χ4v) is 5.19. The predicted molar refractivity (Wildman–Crippen MR) is 124 cm³/mol. The fourth-order valence-electron chi connectivity index (χ4n) is 4.00. The molecule has 1 atom stereocenters. The van der Waals surface area contributed by atoms with Crippen molar-refractivity contribution in [1.82, 2.24) is 10.2 Å². The summed E-state index contributed by atoms with van der Waals surface area (Å²) in [4.78, 5) is 43.2. The second-order valence-corrected chi connectivity index (χ2v) is 9.05. The molecular formula is C24H27N3O4S. The lowest BCUT2D eigenvalue weighted by molar-refractivity contribution is -0.135. The third kappa shape index (κ3) is 4.91. The molecule has 0 aliphatic carbocycles. The first-order valence-corrected chi connectivity index (χ1v) is 11.7. The van der Waals surface area contributed by atoms with E-state index >= 15 is 0 Å². The maximum absolute atomic E-state index is 13.3. The van der Waals surface area contributed by atoms with Crippen LogP contribution in [0, 0.1) is 0 Å². The number of nitrogens with zero attached hydrogens (tertiary/aromatic N) is 2. The first-order valence-electron chi connectivity index (χ1n) is 10.8. The standard InChI is InChI=1S/C24H27N3O4S/c1-31-18-9-7-8-17(14-18)15-25-21(28)16-27-19-10-3-4-11-20(19)32-22(24(27)30)23(29)26-12-5-2-6-13-26/h3-4,7-11,14,22H,2,5-6,12-13,15-16H2,1H3,(H,25,28). The molecule has 0 saturated carbocycles. The Hall–Kier alpha value is -3.00. The number of rotatable bonds is 6. The summed E-state index contributed by atoms with van der Waals surface area (Å²) in [6, 6.07) is 14.9. The van der Waals surface area contributed by atoms with E-state index in [0.29, 0.717) is 31.1 Å². The molecule has 1 N–H and O–H groups in total. The molecule has 7 nitrogen and oxygen atoms in total. The van der Waals surface area contributed by atoms with Crippen molar-refractivity contribution >= 4 is 35.2 Å². The van der Waals surface area contributed by atoms with Crippen LogP contribution in [0.3, 0.4) is 0 Å². The number of amides is 3. The van der Waals surface area contributed by atoms with Crippen molar-refractivity contribution in [3.8, 4) is 5.75 Å². The number of likely N-dealkylation sites (tertiary alicyclic amines) is 1. The number of para-hydroxylation sites is 1. The molecule has 32 heavy (non-hydrogen) atoms. The third-order valence-corrected chi connectivity index (χ3v) is 6.95. The summed E-state index contributed by atoms with van der Waals surface area (Å²) >= 11 is 1.28. The number of nitrogens with one attached hydrogen (secondary N) is 1. The molecule has 0 spiro atoms. The minimum absolute atomic E-state index is 0.135. The molecule has 4 rings (SSSR count). The Morgan fingerprint density at radius 1 is 1.09 bits per heavy atom. The topological polar surface area (TPSA) is 79.0 Å². The van der Waals surface area contributed by atoms with Gasteiger partial charge in [-0.2, -0.15) is 0 Å². The van der Waals surface area contributed by atoms with E-state index in [-0.39, 0.29) is 24.3 Å². The van der Waals surface area contributed by atoms with Crippen molar-refractivity contribution in [3.05, 3.63) is 54.1 Å². The van der Waals surface area contributed by atoms with Gasteiger partial charge >= 0.3 is 0 Å². The average Bonchev–Trinajstić information content (AvgIpc) is 2.84. The van der Waals surface area contributed by atoms with E-state index in [1.165, 1.54) is 16.7 Å². The highest BCUT2D eigenvalue weighted by atomic mass is 32.2. The van der Waals surface area contributed by atoms with Crippen molar-refractivity contribution < 1.29 is 19.1 Å². The molecule has 2 heterocycles. The van der Waals surface area contributed by atoms with Gasteiger partial charge in [0.1, 0.15) is 12.3 Å². The number of methoxy groups -OCH3 is 1. The molecule has 1 saturated heterocycles. The van der Waals surface area contributed by atoms with Crippen molar-refractivity contribution in [2.24, 2.45) is 0 Å². The number of thioether (sulfide) groups is 1. The van der Waals surface area contributed by atoms with Gasteiger partial charge in [-0.25, -0.2) is 0 Å². The molecule has 2 aromatic rings. The summed E-state index contributed by atoms with van der Waals surface area (Å²) in [5, 5.41) is 2.01. The average molecular weight is 454 g/mol. The Balaban J connectivity index is 1.47. The van der Waals surface area contributed by atoms with Crippen molar-refractivity contribution in [1.29, 1.82) is 0 Å². The summed E-state index contributed by atoms with van der Waals surface area (Å²) in [5.41, 5.74) is 1.57. The number of carbonyl (C=O) groups is 3. The first kappa shape index (κ1) is 22.2. The van der Waals surface area contributed by atoms with E-state index in [1.807, 2.05) is 48.5 Å². The Bertz CT molecular complexity index is 1010. The van der Waals surface area contributed by atoms with Gasteiger partial charge < -0.3 is 19.9 Å². The molecule has 0 aromatic heterocycles. The van der Waals surface area contributed by atoms with Crippen molar-refractivity contribution in [3.63, 3.8) is 0 Å². The lowest BCUT2D eigenvalue weighted by Gasteiger charge is -2.36. The van der Waals surface area contributed by atoms with Crippen LogP contribution < -0.4 is 15.0 Å². The molecule has 2 aromatic carbocycles. The Morgan fingerprint density at radius 3 is 2.66 bits per heavy atom. The maximum atomic E-state index is 13.3. The van der Waals surface area contributed by atoms with E-state index in [4.69, 9.17) is 4.74 Å². The van der Waals surface area contributed by atoms with Crippen LogP contribution in [0.5, 0.6) is 5.75 Å². The quantitative estimate of drug-likeness (QED) is 0.681. The van der Waals surface area contributed by atoms with Gasteiger partial charge in [-0.15, -0.1) is 11.8 Å². The monoisotopic (exact) mass is 453 g/mol. The molecule has 8 heteroatoms. The van der Waals surface area contributed by atoms with E-state index in [1.54, 1.807) is 12.0 Å². The number of carbonyl (C=O) groups excluding carboxylic acids is 3. The van der Waals surface area contributed by atoms with Crippen LogP contribution in [-0.4, -0.2) is 54.6 Å². The summed E-state index contributed by atoms with van der Waals surface area (Å²) in [6.07, 6.45) is 3.03. The van der Waals surface area contributed by atoms with Crippen LogP contribution in [-0.2, 0) is 20.9 Å². The zero-order chi connectivity index (χ0) is 22.5. The Labute approximate surface area is 192 Å². The van der Waals surface area contributed by atoms with Crippen LogP contribution in [0.4, 0.5) is 5.69 Å². The van der Waals surface area contributed by atoms with Gasteiger partial charge in [0.25, 0.3) is 5.91 Å². The van der Waals surface area contributed by atoms with E-state index in [2.05, 4.69) is 5.32 Å². The Morgan fingerprint density at radius 2 is 1.88 bits per heavy atom. The zero-order valence-electron chi connectivity index (χ0n) is 18.1. The molecule has 168 valence electrons. The van der Waals surface area contributed by atoms with Crippen LogP contribution >= 0.6 is 11.8 Å². The van der Waals surface area contributed by atoms with Crippen LogP contribution in [0.25, 0.3) is 0 Å². The summed E-state index contributed by atoms with van der Waals surface area (Å²) in [6.45, 7) is 1.56. The van der Waals surface area contributed by atoms with Crippen LogP contribution in [0.2, 0.25) is 0 Å². The van der Waals surface area contributed by atoms with E-state index < -0.39 is 5.25 Å². The molecule has 0 bridgehead atoms. The molecule has 1 fully saturated rings. The second kappa shape index (κ2) is 10.1. The number of fused-ring (bicyclic) bond motifs is 1. The second-order valence-electron chi connectivity index (χ2n) is 7.90.